The average Bonchev–Trinajstić information content (AvgIpc) is 3.34. The number of carbonyl (C=O) groups excluding carboxylic acids is 1. The molecule has 0 fully saturated rings. The van der Waals surface area contributed by atoms with Gasteiger partial charge in [-0.15, -0.1) is 11.3 Å². The lowest BCUT2D eigenvalue weighted by Crippen LogP contribution is -2.37. The van der Waals surface area contributed by atoms with Crippen LogP contribution in [0.1, 0.15) is 18.9 Å². The van der Waals surface area contributed by atoms with Gasteiger partial charge in [0.15, 0.2) is 10.6 Å². The second-order valence-corrected chi connectivity index (χ2v) is 7.84. The van der Waals surface area contributed by atoms with Gasteiger partial charge in [-0.2, -0.15) is 18.3 Å². The number of nitrogens with one attached hydrogen (secondary N) is 2. The van der Waals surface area contributed by atoms with Gasteiger partial charge >= 0.3 is 6.18 Å². The maximum Gasteiger partial charge on any atom is 0.419 e. The molecule has 0 radical (unpaired) electrons. The highest BCUT2D eigenvalue weighted by Crippen LogP contribution is 2.35. The highest BCUT2D eigenvalue weighted by Gasteiger charge is 2.34. The Balaban J connectivity index is 1.53. The van der Waals surface area contributed by atoms with Gasteiger partial charge in [-0.05, 0) is 42.7 Å². The lowest BCUT2D eigenvalue weighted by Gasteiger charge is -2.18. The Labute approximate surface area is 179 Å². The molecule has 2 N–H and O–H groups in total. The number of para-hydroxylation sites is 1. The fourth-order valence-electron chi connectivity index (χ4n) is 2.76. The van der Waals surface area contributed by atoms with Crippen molar-refractivity contribution in [3.05, 3.63) is 52.1 Å². The van der Waals surface area contributed by atoms with Gasteiger partial charge in [-0.25, -0.2) is 0 Å². The quantitative estimate of drug-likeness (QED) is 0.484. The van der Waals surface area contributed by atoms with E-state index in [9.17, 15) is 18.0 Å². The van der Waals surface area contributed by atoms with E-state index in [1.807, 2.05) is 17.5 Å². The molecule has 3 rings (SSSR count). The van der Waals surface area contributed by atoms with Crippen LogP contribution in [0.3, 0.4) is 0 Å². The van der Waals surface area contributed by atoms with E-state index in [1.54, 1.807) is 11.5 Å². The van der Waals surface area contributed by atoms with Crippen molar-refractivity contribution in [3.8, 4) is 16.5 Å². The zero-order chi connectivity index (χ0) is 21.7. The Kier molecular flexibility index (Phi) is 6.93. The molecule has 0 aliphatic rings. The summed E-state index contributed by atoms with van der Waals surface area (Å²) >= 11 is 6.74. The summed E-state index contributed by atoms with van der Waals surface area (Å²) in [5, 5.41) is 11.6. The predicted molar refractivity (Wildman–Crippen MR) is 110 cm³/mol. The van der Waals surface area contributed by atoms with Crippen LogP contribution in [0.5, 0.6) is 5.75 Å². The number of ether oxygens (including phenoxy) is 1. The fourth-order valence-corrected chi connectivity index (χ4v) is 3.71. The molecule has 11 heteroatoms. The number of alkyl halides is 3. The largest absolute Gasteiger partial charge is 0.491 e. The number of aromatic nitrogens is 3. The number of hydrogen-bond donors (Lipinski definition) is 2. The number of amides is 1. The van der Waals surface area contributed by atoms with Gasteiger partial charge in [0.2, 0.25) is 5.91 Å². The molecule has 3 aromatic rings. The number of carbonyl (C=O) groups is 1. The predicted octanol–water partition coefficient (Wildman–Crippen LogP) is 4.66. The van der Waals surface area contributed by atoms with Crippen molar-refractivity contribution in [1.29, 1.82) is 0 Å². The van der Waals surface area contributed by atoms with Crippen LogP contribution in [0.25, 0.3) is 10.7 Å². The molecule has 0 spiro atoms. The van der Waals surface area contributed by atoms with Crippen molar-refractivity contribution in [2.45, 2.75) is 32.1 Å². The van der Waals surface area contributed by atoms with Crippen molar-refractivity contribution < 1.29 is 22.7 Å². The molecule has 0 aliphatic heterocycles. The van der Waals surface area contributed by atoms with Gasteiger partial charge in [-0.3, -0.25) is 14.5 Å². The normalized spacial score (nSPS) is 12.5. The van der Waals surface area contributed by atoms with Gasteiger partial charge in [-0.1, -0.05) is 18.2 Å². The van der Waals surface area contributed by atoms with Crippen molar-refractivity contribution in [1.82, 2.24) is 20.1 Å². The first-order valence-corrected chi connectivity index (χ1v) is 10.3. The summed E-state index contributed by atoms with van der Waals surface area (Å²) in [7, 11) is 0. The number of hydrogen-bond acceptors (Lipinski definition) is 5. The smallest absolute Gasteiger partial charge is 0.419 e. The van der Waals surface area contributed by atoms with E-state index < -0.39 is 17.8 Å². The zero-order valence-corrected chi connectivity index (χ0v) is 17.5. The van der Waals surface area contributed by atoms with Gasteiger partial charge in [0.1, 0.15) is 12.4 Å². The molecule has 0 bridgehead atoms. The first-order valence-electron chi connectivity index (χ1n) is 9.03. The minimum absolute atomic E-state index is 0.0928. The molecule has 2 heterocycles. The van der Waals surface area contributed by atoms with Crippen molar-refractivity contribution >= 4 is 29.5 Å². The third-order valence-corrected chi connectivity index (χ3v) is 5.33. The van der Waals surface area contributed by atoms with Crippen LogP contribution >= 0.6 is 23.6 Å². The maximum absolute atomic E-state index is 13.0. The summed E-state index contributed by atoms with van der Waals surface area (Å²) in [4.78, 5) is 13.2. The van der Waals surface area contributed by atoms with Crippen LogP contribution < -0.4 is 10.1 Å². The highest BCUT2D eigenvalue weighted by atomic mass is 32.1. The molecule has 1 atom stereocenters. The van der Waals surface area contributed by atoms with E-state index in [1.165, 1.54) is 29.5 Å². The first-order chi connectivity index (χ1) is 14.3. The number of rotatable bonds is 8. The van der Waals surface area contributed by atoms with Gasteiger partial charge in [0.05, 0.1) is 16.5 Å². The second-order valence-electron chi connectivity index (χ2n) is 6.50. The summed E-state index contributed by atoms with van der Waals surface area (Å²) in [5.74, 6) is 0.120. The van der Waals surface area contributed by atoms with Gasteiger partial charge < -0.3 is 10.1 Å². The van der Waals surface area contributed by atoms with E-state index in [0.29, 0.717) is 17.1 Å². The van der Waals surface area contributed by atoms with E-state index in [0.717, 1.165) is 10.9 Å². The lowest BCUT2D eigenvalue weighted by molar-refractivity contribution is -0.139. The van der Waals surface area contributed by atoms with Crippen LogP contribution in [0, 0.1) is 4.77 Å². The van der Waals surface area contributed by atoms with Crippen LogP contribution in [-0.4, -0.2) is 33.3 Å². The molecular weight excluding hydrogens is 437 g/mol. The molecule has 0 saturated heterocycles. The minimum Gasteiger partial charge on any atom is -0.491 e. The van der Waals surface area contributed by atoms with Crippen LogP contribution in [0.4, 0.5) is 13.2 Å². The molecule has 0 saturated carbocycles. The number of nitrogens with zero attached hydrogens (tertiary/aromatic N) is 2. The Hall–Kier alpha value is -2.66. The third-order valence-electron chi connectivity index (χ3n) is 4.15. The number of benzene rings is 1. The lowest BCUT2D eigenvalue weighted by atomic mass is 10.2. The molecule has 1 amide bonds. The van der Waals surface area contributed by atoms with E-state index in [2.05, 4.69) is 15.5 Å². The molecule has 2 aromatic heterocycles. The summed E-state index contributed by atoms with van der Waals surface area (Å²) in [6, 6.07) is 8.30. The Morgan fingerprint density at radius 3 is 2.80 bits per heavy atom. The standard InChI is InChI=1S/C19H19F3N4O2S2/c1-12(11-28-14-6-3-2-5-13(14)19(20,21)22)23-16(27)8-9-26-17(24-25-18(26)29)15-7-4-10-30-15/h2-7,10,12H,8-9,11H2,1H3,(H,23,27)(H,25,29). The van der Waals surface area contributed by atoms with E-state index in [-0.39, 0.29) is 24.7 Å². The average molecular weight is 457 g/mol. The Bertz CT molecular complexity index is 1040. The van der Waals surface area contributed by atoms with Crippen LogP contribution in [-0.2, 0) is 17.5 Å². The second kappa shape index (κ2) is 9.43. The van der Waals surface area contributed by atoms with Crippen molar-refractivity contribution in [2.24, 2.45) is 0 Å². The Morgan fingerprint density at radius 1 is 1.33 bits per heavy atom. The van der Waals surface area contributed by atoms with Crippen LogP contribution in [0.15, 0.2) is 41.8 Å². The maximum atomic E-state index is 13.0. The van der Waals surface area contributed by atoms with Gasteiger partial charge in [0, 0.05) is 13.0 Å². The fraction of sp³-hybridized carbons (Fsp3) is 0.316. The van der Waals surface area contributed by atoms with E-state index >= 15 is 0 Å². The molecule has 1 aromatic carbocycles. The summed E-state index contributed by atoms with van der Waals surface area (Å²) in [6.45, 7) is 1.89. The molecule has 160 valence electrons. The SMILES string of the molecule is CC(COc1ccccc1C(F)(F)F)NC(=O)CCn1c(-c2cccs2)n[nH]c1=S. The van der Waals surface area contributed by atoms with E-state index in [4.69, 9.17) is 17.0 Å². The monoisotopic (exact) mass is 456 g/mol. The first kappa shape index (κ1) is 22.0. The molecular formula is C19H19F3N4O2S2. The van der Waals surface area contributed by atoms with Gasteiger partial charge in [0.25, 0.3) is 0 Å². The number of aromatic amines is 1. The zero-order valence-electron chi connectivity index (χ0n) is 15.9. The molecule has 1 unspecified atom stereocenters. The molecule has 6 nitrogen and oxygen atoms in total. The molecule has 0 aliphatic carbocycles. The number of halogens is 3. The molecule has 30 heavy (non-hydrogen) atoms. The summed E-state index contributed by atoms with van der Waals surface area (Å²) in [6.07, 6.45) is -4.37. The summed E-state index contributed by atoms with van der Waals surface area (Å²) in [5.41, 5.74) is -0.848. The summed E-state index contributed by atoms with van der Waals surface area (Å²) < 4.78 is 46.5. The van der Waals surface area contributed by atoms with Crippen molar-refractivity contribution in [2.75, 3.05) is 6.61 Å². The number of H-pyrrole nitrogens is 1. The number of thiophene rings is 1. The minimum atomic E-state index is -4.51. The Morgan fingerprint density at radius 2 is 2.10 bits per heavy atom. The van der Waals surface area contributed by atoms with Crippen LogP contribution in [0.2, 0.25) is 0 Å². The van der Waals surface area contributed by atoms with Crippen molar-refractivity contribution in [3.63, 3.8) is 0 Å². The third kappa shape index (κ3) is 5.48. The highest BCUT2D eigenvalue weighted by molar-refractivity contribution is 7.71. The topological polar surface area (TPSA) is 71.9 Å².